The number of hydrogen-bond acceptors (Lipinski definition) is 2. The van der Waals surface area contributed by atoms with Gasteiger partial charge in [0.1, 0.15) is 11.6 Å². The van der Waals surface area contributed by atoms with Crippen LogP contribution in [-0.2, 0) is 5.41 Å². The second-order valence-electron chi connectivity index (χ2n) is 4.38. The average Bonchev–Trinajstić information content (AvgIpc) is 3.02. The highest BCUT2D eigenvalue weighted by Crippen LogP contribution is 2.55. The monoisotopic (exact) mass is 243 g/mol. The highest BCUT2D eigenvalue weighted by Gasteiger charge is 2.51. The average molecular weight is 244 g/mol. The molecule has 16 heavy (non-hydrogen) atoms. The fourth-order valence-corrected chi connectivity index (χ4v) is 2.50. The maximum absolute atomic E-state index is 13.9. The lowest BCUT2D eigenvalue weighted by Crippen LogP contribution is -2.32. The molecule has 0 saturated heterocycles. The number of rotatable bonds is 3. The first kappa shape index (κ1) is 11.7. The van der Waals surface area contributed by atoms with Crippen LogP contribution in [0.5, 0.6) is 5.75 Å². The van der Waals surface area contributed by atoms with Crippen molar-refractivity contribution >= 4 is 11.6 Å². The van der Waals surface area contributed by atoms with Gasteiger partial charge >= 0.3 is 0 Å². The van der Waals surface area contributed by atoms with E-state index in [0.717, 1.165) is 12.8 Å². The van der Waals surface area contributed by atoms with E-state index in [4.69, 9.17) is 22.1 Å². The zero-order valence-electron chi connectivity index (χ0n) is 9.39. The number of ether oxygens (including phenoxy) is 1. The minimum Gasteiger partial charge on any atom is -0.495 e. The summed E-state index contributed by atoms with van der Waals surface area (Å²) in [6.07, 6.45) is 1.77. The van der Waals surface area contributed by atoms with Gasteiger partial charge in [0.15, 0.2) is 0 Å². The smallest absolute Gasteiger partial charge is 0.144 e. The van der Waals surface area contributed by atoms with Gasteiger partial charge in [0.05, 0.1) is 12.1 Å². The fourth-order valence-electron chi connectivity index (χ4n) is 2.26. The summed E-state index contributed by atoms with van der Waals surface area (Å²) >= 11 is 6.01. The Labute approximate surface area is 99.5 Å². The number of nitrogens with two attached hydrogens (primary N) is 1. The molecule has 1 aliphatic carbocycles. The summed E-state index contributed by atoms with van der Waals surface area (Å²) in [7, 11) is 1.50. The largest absolute Gasteiger partial charge is 0.495 e. The zero-order chi connectivity index (χ0) is 11.9. The van der Waals surface area contributed by atoms with Crippen LogP contribution in [0, 0.1) is 5.82 Å². The zero-order valence-corrected chi connectivity index (χ0v) is 10.1. The van der Waals surface area contributed by atoms with Gasteiger partial charge in [-0.3, -0.25) is 0 Å². The number of halogens is 2. The molecule has 1 aromatic rings. The Morgan fingerprint density at radius 3 is 2.56 bits per heavy atom. The third kappa shape index (κ3) is 1.59. The van der Waals surface area contributed by atoms with E-state index >= 15 is 0 Å². The Morgan fingerprint density at radius 2 is 2.12 bits per heavy atom. The molecule has 0 amide bonds. The predicted molar refractivity (Wildman–Crippen MR) is 62.5 cm³/mol. The summed E-state index contributed by atoms with van der Waals surface area (Å²) in [5.74, 6) is 0.146. The molecule has 0 heterocycles. The van der Waals surface area contributed by atoms with E-state index < -0.39 is 0 Å². The van der Waals surface area contributed by atoms with Gasteiger partial charge in [-0.2, -0.15) is 0 Å². The second kappa shape index (κ2) is 3.90. The Morgan fingerprint density at radius 1 is 1.50 bits per heavy atom. The summed E-state index contributed by atoms with van der Waals surface area (Å²) in [4.78, 5) is 0. The SMILES string of the molecule is COc1c(Cl)ccc(F)c1C1(C(C)N)CC1. The molecular formula is C12H15ClFNO. The van der Waals surface area contributed by atoms with Crippen LogP contribution in [0.25, 0.3) is 0 Å². The number of hydrogen-bond donors (Lipinski definition) is 1. The van der Waals surface area contributed by atoms with Crippen LogP contribution < -0.4 is 10.5 Å². The molecule has 1 fully saturated rings. The molecule has 0 bridgehead atoms. The molecule has 2 rings (SSSR count). The maximum Gasteiger partial charge on any atom is 0.144 e. The highest BCUT2D eigenvalue weighted by atomic mass is 35.5. The lowest BCUT2D eigenvalue weighted by atomic mass is 9.88. The summed E-state index contributed by atoms with van der Waals surface area (Å²) < 4.78 is 19.1. The van der Waals surface area contributed by atoms with Crippen molar-refractivity contribution in [2.75, 3.05) is 7.11 Å². The van der Waals surface area contributed by atoms with E-state index in [0.29, 0.717) is 16.3 Å². The maximum atomic E-state index is 13.9. The first-order valence-electron chi connectivity index (χ1n) is 5.31. The minimum absolute atomic E-state index is 0.102. The van der Waals surface area contributed by atoms with Crippen molar-refractivity contribution < 1.29 is 9.13 Å². The number of benzene rings is 1. The van der Waals surface area contributed by atoms with Gasteiger partial charge in [-0.1, -0.05) is 11.6 Å². The van der Waals surface area contributed by atoms with Crippen LogP contribution in [-0.4, -0.2) is 13.2 Å². The predicted octanol–water partition coefficient (Wildman–Crippen LogP) is 2.87. The molecule has 0 spiro atoms. The molecule has 4 heteroatoms. The van der Waals surface area contributed by atoms with E-state index in [2.05, 4.69) is 0 Å². The Balaban J connectivity index is 2.59. The summed E-state index contributed by atoms with van der Waals surface area (Å²) in [5, 5.41) is 0.436. The Hall–Kier alpha value is -0.800. The van der Waals surface area contributed by atoms with Gasteiger partial charge in [-0.05, 0) is 31.9 Å². The van der Waals surface area contributed by atoms with E-state index in [-0.39, 0.29) is 17.3 Å². The van der Waals surface area contributed by atoms with Crippen molar-refractivity contribution in [3.05, 3.63) is 28.5 Å². The second-order valence-corrected chi connectivity index (χ2v) is 4.79. The Kier molecular flexibility index (Phi) is 2.84. The lowest BCUT2D eigenvalue weighted by Gasteiger charge is -2.23. The fraction of sp³-hybridized carbons (Fsp3) is 0.500. The number of methoxy groups -OCH3 is 1. The quantitative estimate of drug-likeness (QED) is 0.886. The minimum atomic E-state index is -0.291. The topological polar surface area (TPSA) is 35.2 Å². The van der Waals surface area contributed by atoms with Gasteiger partial charge < -0.3 is 10.5 Å². The third-order valence-electron chi connectivity index (χ3n) is 3.42. The van der Waals surface area contributed by atoms with E-state index in [1.165, 1.54) is 19.2 Å². The van der Waals surface area contributed by atoms with Crippen molar-refractivity contribution in [2.24, 2.45) is 5.73 Å². The standard InChI is InChI=1S/C12H15ClFNO/c1-7(15)12(5-6-12)10-9(14)4-3-8(13)11(10)16-2/h3-4,7H,5-6,15H2,1-2H3. The van der Waals surface area contributed by atoms with Crippen LogP contribution in [0.4, 0.5) is 4.39 Å². The first-order valence-corrected chi connectivity index (χ1v) is 5.69. The Bertz CT molecular complexity index is 416. The van der Waals surface area contributed by atoms with Crippen molar-refractivity contribution in [3.63, 3.8) is 0 Å². The van der Waals surface area contributed by atoms with E-state index in [1.54, 1.807) is 0 Å². The van der Waals surface area contributed by atoms with Crippen molar-refractivity contribution in [2.45, 2.75) is 31.2 Å². The summed E-state index contributed by atoms with van der Waals surface area (Å²) in [5.41, 5.74) is 6.19. The molecule has 0 aliphatic heterocycles. The molecule has 2 nitrogen and oxygen atoms in total. The van der Waals surface area contributed by atoms with Gasteiger partial charge in [-0.25, -0.2) is 4.39 Å². The van der Waals surface area contributed by atoms with Crippen LogP contribution >= 0.6 is 11.6 Å². The van der Waals surface area contributed by atoms with Crippen LogP contribution in [0.3, 0.4) is 0 Å². The highest BCUT2D eigenvalue weighted by molar-refractivity contribution is 6.32. The molecule has 2 N–H and O–H groups in total. The van der Waals surface area contributed by atoms with Gasteiger partial charge in [-0.15, -0.1) is 0 Å². The molecule has 0 radical (unpaired) electrons. The molecule has 88 valence electrons. The van der Waals surface area contributed by atoms with Crippen molar-refractivity contribution in [3.8, 4) is 5.75 Å². The normalized spacial score (nSPS) is 19.3. The van der Waals surface area contributed by atoms with Gasteiger partial charge in [0.25, 0.3) is 0 Å². The molecule has 1 aromatic carbocycles. The van der Waals surface area contributed by atoms with Gasteiger partial charge in [0, 0.05) is 17.0 Å². The summed E-state index contributed by atoms with van der Waals surface area (Å²) in [6.45, 7) is 1.90. The summed E-state index contributed by atoms with van der Waals surface area (Å²) in [6, 6.07) is 2.79. The molecular weight excluding hydrogens is 229 g/mol. The molecule has 1 saturated carbocycles. The van der Waals surface area contributed by atoms with E-state index in [9.17, 15) is 4.39 Å². The third-order valence-corrected chi connectivity index (χ3v) is 3.72. The molecule has 1 atom stereocenters. The van der Waals surface area contributed by atoms with Crippen LogP contribution in [0.2, 0.25) is 5.02 Å². The molecule has 1 unspecified atom stereocenters. The van der Waals surface area contributed by atoms with Crippen molar-refractivity contribution in [1.82, 2.24) is 0 Å². The molecule has 0 aromatic heterocycles. The lowest BCUT2D eigenvalue weighted by molar-refractivity contribution is 0.389. The van der Waals surface area contributed by atoms with Crippen LogP contribution in [0.1, 0.15) is 25.3 Å². The van der Waals surface area contributed by atoms with E-state index in [1.807, 2.05) is 6.92 Å². The van der Waals surface area contributed by atoms with Gasteiger partial charge in [0.2, 0.25) is 0 Å². The van der Waals surface area contributed by atoms with Crippen molar-refractivity contribution in [1.29, 1.82) is 0 Å². The first-order chi connectivity index (χ1) is 7.53. The van der Waals surface area contributed by atoms with Crippen LogP contribution in [0.15, 0.2) is 12.1 Å². The molecule has 1 aliphatic rings.